The van der Waals surface area contributed by atoms with Gasteiger partial charge < -0.3 is 10.0 Å². The number of likely N-dealkylation sites (tertiary alicyclic amines) is 1. The first kappa shape index (κ1) is 24.1. The van der Waals surface area contributed by atoms with Crippen LogP contribution in [0.2, 0.25) is 0 Å². The van der Waals surface area contributed by atoms with Gasteiger partial charge >= 0.3 is 5.97 Å². The lowest BCUT2D eigenvalue weighted by molar-refractivity contribution is -0.150. The van der Waals surface area contributed by atoms with Crippen LogP contribution < -0.4 is 0 Å². The number of carbonyl (C=O) groups is 2. The van der Waals surface area contributed by atoms with E-state index in [0.717, 1.165) is 5.56 Å². The number of carboxylic acids is 1. The van der Waals surface area contributed by atoms with Crippen LogP contribution in [0.25, 0.3) is 0 Å². The quantitative estimate of drug-likeness (QED) is 0.523. The molecule has 1 fully saturated rings. The number of thiazole rings is 1. The molecular formula is C25H31N5O3S. The number of carbonyl (C=O) groups excluding carboxylic acids is 1. The Kier molecular flexibility index (Phi) is 6.33. The molecule has 9 heteroatoms. The van der Waals surface area contributed by atoms with Gasteiger partial charge in [-0.05, 0) is 41.9 Å². The molecule has 1 aliphatic heterocycles. The summed E-state index contributed by atoms with van der Waals surface area (Å²) in [5.74, 6) is -1.08. The Hall–Kier alpha value is -3.07. The van der Waals surface area contributed by atoms with Crippen molar-refractivity contribution >= 4 is 23.2 Å². The largest absolute Gasteiger partial charge is 0.479 e. The second kappa shape index (κ2) is 8.94. The fourth-order valence-corrected chi connectivity index (χ4v) is 5.82. The number of carboxylic acid groups (broad SMARTS) is 1. The number of aromatic nitrogens is 4. The van der Waals surface area contributed by atoms with E-state index in [4.69, 9.17) is 0 Å². The summed E-state index contributed by atoms with van der Waals surface area (Å²) in [6.45, 7) is 10.3. The van der Waals surface area contributed by atoms with Crippen molar-refractivity contribution in [3.05, 3.63) is 64.1 Å². The van der Waals surface area contributed by atoms with Gasteiger partial charge in [-0.25, -0.2) is 14.8 Å². The molecule has 0 radical (unpaired) electrons. The number of H-pyrrole nitrogens is 1. The van der Waals surface area contributed by atoms with Crippen LogP contribution in [0.1, 0.15) is 86.2 Å². The van der Waals surface area contributed by atoms with Gasteiger partial charge in [-0.15, -0.1) is 11.3 Å². The summed E-state index contributed by atoms with van der Waals surface area (Å²) in [6.07, 6.45) is 3.64. The number of benzene rings is 1. The molecule has 0 aliphatic carbocycles. The number of nitrogens with zero attached hydrogens (tertiary/aromatic N) is 4. The van der Waals surface area contributed by atoms with E-state index < -0.39 is 17.6 Å². The number of hydrogen-bond donors (Lipinski definition) is 2. The topological polar surface area (TPSA) is 112 Å². The summed E-state index contributed by atoms with van der Waals surface area (Å²) in [5.41, 5.74) is 0.107. The van der Waals surface area contributed by atoms with Crippen LogP contribution in [0.4, 0.5) is 0 Å². The molecule has 3 heterocycles. The molecule has 8 nitrogen and oxygen atoms in total. The van der Waals surface area contributed by atoms with E-state index in [-0.39, 0.29) is 29.6 Å². The van der Waals surface area contributed by atoms with Crippen LogP contribution in [-0.4, -0.2) is 47.6 Å². The summed E-state index contributed by atoms with van der Waals surface area (Å²) in [4.78, 5) is 37.5. The van der Waals surface area contributed by atoms with E-state index in [1.54, 1.807) is 23.2 Å². The molecule has 4 rings (SSSR count). The lowest BCUT2D eigenvalue weighted by Crippen LogP contribution is -2.54. The van der Waals surface area contributed by atoms with Crippen molar-refractivity contribution in [2.45, 2.75) is 70.4 Å². The Labute approximate surface area is 203 Å². The molecule has 1 aromatic carbocycles. The Morgan fingerprint density at radius 3 is 2.44 bits per heavy atom. The minimum Gasteiger partial charge on any atom is -0.479 e. The van der Waals surface area contributed by atoms with Crippen molar-refractivity contribution < 1.29 is 14.7 Å². The van der Waals surface area contributed by atoms with Gasteiger partial charge in [-0.1, -0.05) is 46.8 Å². The molecule has 0 bridgehead atoms. The van der Waals surface area contributed by atoms with Crippen LogP contribution in [0, 0.1) is 5.92 Å². The molecule has 1 amide bonds. The zero-order valence-electron chi connectivity index (χ0n) is 20.1. The van der Waals surface area contributed by atoms with Gasteiger partial charge in [0.2, 0.25) is 0 Å². The number of nitrogens with one attached hydrogen (secondary N) is 1. The lowest BCUT2D eigenvalue weighted by atomic mass is 9.83. The van der Waals surface area contributed by atoms with Gasteiger partial charge in [-0.2, -0.15) is 5.10 Å². The molecule has 2 N–H and O–H groups in total. The molecule has 1 saturated heterocycles. The molecule has 0 spiro atoms. The summed E-state index contributed by atoms with van der Waals surface area (Å²) in [6, 6.07) is 6.91. The Bertz CT molecular complexity index is 1140. The maximum atomic E-state index is 14.1. The van der Waals surface area contributed by atoms with Crippen molar-refractivity contribution in [1.29, 1.82) is 0 Å². The van der Waals surface area contributed by atoms with Crippen LogP contribution in [0.3, 0.4) is 0 Å². The van der Waals surface area contributed by atoms with E-state index in [1.807, 2.05) is 31.4 Å². The third-order valence-electron chi connectivity index (χ3n) is 6.53. The van der Waals surface area contributed by atoms with Gasteiger partial charge in [0.25, 0.3) is 5.91 Å². The first-order chi connectivity index (χ1) is 16.0. The van der Waals surface area contributed by atoms with Crippen molar-refractivity contribution in [3.63, 3.8) is 0 Å². The number of hydrogen-bond acceptors (Lipinski definition) is 6. The van der Waals surface area contributed by atoms with Crippen LogP contribution in [0.5, 0.6) is 0 Å². The van der Waals surface area contributed by atoms with Crippen molar-refractivity contribution in [2.24, 2.45) is 5.92 Å². The maximum absolute atomic E-state index is 14.1. The normalized spacial score (nSPS) is 22.9. The standard InChI is InChI=1S/C25H31N5O3S/c1-15(2)12-25(23(32)33)13-18(20-27-14-28-29-20)19(21-26-10-11-34-21)30(25)22(31)16-6-8-17(9-7-16)24(3,4)5/h6-11,14-15,18-19H,12-13H2,1-5H3,(H,32,33)(H,27,28,29). The maximum Gasteiger partial charge on any atom is 0.329 e. The second-order valence-corrected chi connectivity index (χ2v) is 11.4. The summed E-state index contributed by atoms with van der Waals surface area (Å²) in [7, 11) is 0. The Balaban J connectivity index is 1.88. The minimum atomic E-state index is -1.40. The molecule has 3 aromatic rings. The summed E-state index contributed by atoms with van der Waals surface area (Å²) in [5, 5.41) is 20.0. The summed E-state index contributed by atoms with van der Waals surface area (Å²) < 4.78 is 0. The highest BCUT2D eigenvalue weighted by Crippen LogP contribution is 2.54. The zero-order valence-corrected chi connectivity index (χ0v) is 21.0. The van der Waals surface area contributed by atoms with E-state index in [1.165, 1.54) is 17.7 Å². The number of amides is 1. The number of aromatic amines is 1. The SMILES string of the molecule is CC(C)CC1(C(=O)O)CC(c2ncn[nH]2)C(c2nccs2)N1C(=O)c1ccc(C(C)(C)C)cc1. The van der Waals surface area contributed by atoms with Gasteiger partial charge in [0, 0.05) is 23.1 Å². The molecule has 0 saturated carbocycles. The fraction of sp³-hybridized carbons (Fsp3) is 0.480. The second-order valence-electron chi connectivity index (χ2n) is 10.4. The third-order valence-corrected chi connectivity index (χ3v) is 7.37. The Morgan fingerprint density at radius 1 is 1.24 bits per heavy atom. The van der Waals surface area contributed by atoms with Gasteiger partial charge in [0.15, 0.2) is 0 Å². The Morgan fingerprint density at radius 2 is 1.94 bits per heavy atom. The molecule has 1 aliphatic rings. The lowest BCUT2D eigenvalue weighted by Gasteiger charge is -2.38. The average Bonchev–Trinajstić information content (AvgIpc) is 3.52. The fourth-order valence-electron chi connectivity index (χ4n) is 5.03. The van der Waals surface area contributed by atoms with Crippen LogP contribution in [0.15, 0.2) is 42.2 Å². The number of rotatable bonds is 6. The van der Waals surface area contributed by atoms with Crippen molar-refractivity contribution in [1.82, 2.24) is 25.1 Å². The molecular weight excluding hydrogens is 450 g/mol. The van der Waals surface area contributed by atoms with Crippen LogP contribution >= 0.6 is 11.3 Å². The molecule has 3 atom stereocenters. The van der Waals surface area contributed by atoms with E-state index in [2.05, 4.69) is 40.9 Å². The van der Waals surface area contributed by atoms with E-state index in [9.17, 15) is 14.7 Å². The molecule has 180 valence electrons. The van der Waals surface area contributed by atoms with Gasteiger partial charge in [0.05, 0.1) is 6.04 Å². The van der Waals surface area contributed by atoms with Crippen molar-refractivity contribution in [2.75, 3.05) is 0 Å². The predicted molar refractivity (Wildman–Crippen MR) is 130 cm³/mol. The highest BCUT2D eigenvalue weighted by Gasteiger charge is 2.60. The van der Waals surface area contributed by atoms with Gasteiger partial charge in [-0.3, -0.25) is 9.89 Å². The van der Waals surface area contributed by atoms with E-state index in [0.29, 0.717) is 22.8 Å². The first-order valence-corrected chi connectivity index (χ1v) is 12.3. The zero-order chi connectivity index (χ0) is 24.7. The monoisotopic (exact) mass is 481 g/mol. The average molecular weight is 482 g/mol. The summed E-state index contributed by atoms with van der Waals surface area (Å²) >= 11 is 1.41. The third kappa shape index (κ3) is 4.24. The van der Waals surface area contributed by atoms with E-state index >= 15 is 0 Å². The smallest absolute Gasteiger partial charge is 0.329 e. The molecule has 2 aromatic heterocycles. The molecule has 3 unspecified atom stereocenters. The van der Waals surface area contributed by atoms with Crippen molar-refractivity contribution in [3.8, 4) is 0 Å². The number of aliphatic carboxylic acids is 1. The van der Waals surface area contributed by atoms with Gasteiger partial charge in [0.1, 0.15) is 22.7 Å². The highest BCUT2D eigenvalue weighted by molar-refractivity contribution is 7.09. The van der Waals surface area contributed by atoms with Crippen LogP contribution in [-0.2, 0) is 10.2 Å². The minimum absolute atomic E-state index is 0.0556. The highest BCUT2D eigenvalue weighted by atomic mass is 32.1. The predicted octanol–water partition coefficient (Wildman–Crippen LogP) is 4.80. The first-order valence-electron chi connectivity index (χ1n) is 11.5. The molecule has 34 heavy (non-hydrogen) atoms.